The Balaban J connectivity index is 1.68. The average Bonchev–Trinajstić information content (AvgIpc) is 2.97. The Bertz CT molecular complexity index is 1050. The first-order valence-corrected chi connectivity index (χ1v) is 10.5. The van der Waals surface area contributed by atoms with Gasteiger partial charge in [-0.15, -0.1) is 11.3 Å². The maximum Gasteiger partial charge on any atom is 0.268 e. The first kappa shape index (κ1) is 18.4. The summed E-state index contributed by atoms with van der Waals surface area (Å²) in [6.07, 6.45) is 4.28. The van der Waals surface area contributed by atoms with Crippen LogP contribution in [0.2, 0.25) is 0 Å². The SMILES string of the molecule is CC[C@@H]1CCc2nc3sc(C(=O)Nc4ccc(Br)cc4F)c(N)c3cc2C1. The molecule has 2 aromatic heterocycles. The molecule has 1 aliphatic rings. The quantitative estimate of drug-likeness (QED) is 0.552. The van der Waals surface area contributed by atoms with E-state index in [2.05, 4.69) is 34.2 Å². The normalized spacial score (nSPS) is 16.3. The van der Waals surface area contributed by atoms with Gasteiger partial charge in [0, 0.05) is 15.6 Å². The minimum Gasteiger partial charge on any atom is -0.397 e. The molecule has 0 unspecified atom stereocenters. The molecule has 1 aliphatic carbocycles. The number of hydrogen-bond acceptors (Lipinski definition) is 4. The van der Waals surface area contributed by atoms with Crippen molar-refractivity contribution >= 4 is 54.8 Å². The number of rotatable bonds is 3. The molecule has 1 amide bonds. The third-order valence-corrected chi connectivity index (χ3v) is 6.76. The highest BCUT2D eigenvalue weighted by Gasteiger charge is 2.23. The van der Waals surface area contributed by atoms with E-state index >= 15 is 0 Å². The minimum absolute atomic E-state index is 0.123. The second-order valence-corrected chi connectivity index (χ2v) is 8.80. The van der Waals surface area contributed by atoms with E-state index < -0.39 is 11.7 Å². The zero-order valence-electron chi connectivity index (χ0n) is 14.8. The summed E-state index contributed by atoms with van der Waals surface area (Å²) in [6.45, 7) is 2.21. The second kappa shape index (κ2) is 7.20. The van der Waals surface area contributed by atoms with E-state index in [0.29, 0.717) is 21.0 Å². The third-order valence-electron chi connectivity index (χ3n) is 5.15. The number of anilines is 2. The number of carbonyl (C=O) groups excluding carboxylic acids is 1. The lowest BCUT2D eigenvalue weighted by Gasteiger charge is -2.22. The Kier molecular flexibility index (Phi) is 4.90. The molecule has 140 valence electrons. The van der Waals surface area contributed by atoms with Gasteiger partial charge in [0.25, 0.3) is 5.91 Å². The van der Waals surface area contributed by atoms with Crippen LogP contribution in [-0.4, -0.2) is 10.9 Å². The van der Waals surface area contributed by atoms with Gasteiger partial charge in [-0.3, -0.25) is 4.79 Å². The van der Waals surface area contributed by atoms with Crippen molar-refractivity contribution in [1.82, 2.24) is 4.98 Å². The number of halogens is 2. The van der Waals surface area contributed by atoms with Crippen molar-refractivity contribution in [2.24, 2.45) is 5.92 Å². The molecule has 0 saturated carbocycles. The number of nitrogen functional groups attached to an aromatic ring is 1. The number of aromatic nitrogens is 1. The number of nitrogens with one attached hydrogen (secondary N) is 1. The monoisotopic (exact) mass is 447 g/mol. The number of thiophene rings is 1. The van der Waals surface area contributed by atoms with Gasteiger partial charge in [-0.25, -0.2) is 9.37 Å². The first-order chi connectivity index (χ1) is 13.0. The van der Waals surface area contributed by atoms with Gasteiger partial charge >= 0.3 is 0 Å². The standard InChI is InChI=1S/C20H19BrFN3OS/c1-2-10-3-5-15-11(7-10)8-13-17(23)18(27-20(13)25-15)19(26)24-16-6-4-12(21)9-14(16)22/h4,6,8-10H,2-3,5,7,23H2,1H3,(H,24,26)/t10-/m1/s1. The highest BCUT2D eigenvalue weighted by molar-refractivity contribution is 9.10. The van der Waals surface area contributed by atoms with Gasteiger partial charge in [0.05, 0.1) is 11.4 Å². The van der Waals surface area contributed by atoms with E-state index in [1.165, 1.54) is 29.0 Å². The summed E-state index contributed by atoms with van der Waals surface area (Å²) in [5.74, 6) is -0.238. The number of pyridine rings is 1. The number of benzene rings is 1. The molecule has 4 rings (SSSR count). The smallest absolute Gasteiger partial charge is 0.268 e. The summed E-state index contributed by atoms with van der Waals surface area (Å²) in [6, 6.07) is 6.58. The number of aryl methyl sites for hydroxylation is 1. The zero-order chi connectivity index (χ0) is 19.1. The van der Waals surface area contributed by atoms with Crippen LogP contribution in [0.4, 0.5) is 15.8 Å². The van der Waals surface area contributed by atoms with Crippen LogP contribution in [0.5, 0.6) is 0 Å². The number of nitrogens with zero attached hydrogens (tertiary/aromatic N) is 1. The molecule has 0 spiro atoms. The highest BCUT2D eigenvalue weighted by atomic mass is 79.9. The van der Waals surface area contributed by atoms with Crippen molar-refractivity contribution in [1.29, 1.82) is 0 Å². The topological polar surface area (TPSA) is 68.0 Å². The Morgan fingerprint density at radius 2 is 2.26 bits per heavy atom. The lowest BCUT2D eigenvalue weighted by atomic mass is 9.85. The molecule has 7 heteroatoms. The number of carbonyl (C=O) groups is 1. The number of hydrogen-bond donors (Lipinski definition) is 2. The van der Waals surface area contributed by atoms with Crippen molar-refractivity contribution in [3.63, 3.8) is 0 Å². The van der Waals surface area contributed by atoms with Crippen LogP contribution >= 0.6 is 27.3 Å². The van der Waals surface area contributed by atoms with Crippen molar-refractivity contribution in [3.8, 4) is 0 Å². The highest BCUT2D eigenvalue weighted by Crippen LogP contribution is 2.37. The van der Waals surface area contributed by atoms with Crippen molar-refractivity contribution in [2.75, 3.05) is 11.1 Å². The van der Waals surface area contributed by atoms with E-state index in [9.17, 15) is 9.18 Å². The molecule has 0 saturated heterocycles. The molecule has 0 radical (unpaired) electrons. The number of fused-ring (bicyclic) bond motifs is 2. The van der Waals surface area contributed by atoms with Crippen LogP contribution < -0.4 is 11.1 Å². The average molecular weight is 448 g/mol. The van der Waals surface area contributed by atoms with Crippen molar-refractivity contribution in [3.05, 3.63) is 50.7 Å². The molecule has 0 aliphatic heterocycles. The van der Waals surface area contributed by atoms with Crippen LogP contribution in [-0.2, 0) is 12.8 Å². The zero-order valence-corrected chi connectivity index (χ0v) is 17.2. The molecule has 2 heterocycles. The molecular formula is C20H19BrFN3OS. The van der Waals surface area contributed by atoms with Crippen molar-refractivity contribution in [2.45, 2.75) is 32.6 Å². The molecule has 1 atom stereocenters. The molecule has 4 nitrogen and oxygen atoms in total. The maximum atomic E-state index is 14.0. The van der Waals surface area contributed by atoms with Gasteiger partial charge < -0.3 is 11.1 Å². The van der Waals surface area contributed by atoms with Crippen LogP contribution in [0, 0.1) is 11.7 Å². The van der Waals surface area contributed by atoms with Gasteiger partial charge in [-0.2, -0.15) is 0 Å². The minimum atomic E-state index is -0.503. The predicted octanol–water partition coefficient (Wildman–Crippen LogP) is 5.55. The molecule has 27 heavy (non-hydrogen) atoms. The lowest BCUT2D eigenvalue weighted by Crippen LogP contribution is -2.14. The lowest BCUT2D eigenvalue weighted by molar-refractivity contribution is 0.103. The Hall–Kier alpha value is -1.99. The Morgan fingerprint density at radius 3 is 3.00 bits per heavy atom. The molecule has 1 aromatic carbocycles. The summed E-state index contributed by atoms with van der Waals surface area (Å²) < 4.78 is 14.6. The van der Waals surface area contributed by atoms with Crippen LogP contribution in [0.3, 0.4) is 0 Å². The summed E-state index contributed by atoms with van der Waals surface area (Å²) in [4.78, 5) is 18.6. The first-order valence-electron chi connectivity index (χ1n) is 8.93. The predicted molar refractivity (Wildman–Crippen MR) is 112 cm³/mol. The molecule has 3 N–H and O–H groups in total. The van der Waals surface area contributed by atoms with Crippen LogP contribution in [0.15, 0.2) is 28.7 Å². The molecule has 0 bridgehead atoms. The summed E-state index contributed by atoms with van der Waals surface area (Å²) >= 11 is 4.46. The molecule has 0 fully saturated rings. The maximum absolute atomic E-state index is 14.0. The van der Waals surface area contributed by atoms with Gasteiger partial charge in [-0.05, 0) is 55.0 Å². The van der Waals surface area contributed by atoms with E-state index in [1.807, 2.05) is 0 Å². The molecule has 3 aromatic rings. The fourth-order valence-corrected chi connectivity index (χ4v) is 4.88. The fourth-order valence-electron chi connectivity index (χ4n) is 3.55. The van der Waals surface area contributed by atoms with Crippen LogP contribution in [0.1, 0.15) is 40.7 Å². The Labute approximate surface area is 169 Å². The molecular weight excluding hydrogens is 429 g/mol. The van der Waals surface area contributed by atoms with E-state index in [1.54, 1.807) is 6.07 Å². The fraction of sp³-hybridized carbons (Fsp3) is 0.300. The van der Waals surface area contributed by atoms with E-state index in [0.717, 1.165) is 41.6 Å². The van der Waals surface area contributed by atoms with Gasteiger partial charge in [-0.1, -0.05) is 29.3 Å². The summed E-state index contributed by atoms with van der Waals surface area (Å²) in [5, 5.41) is 3.43. The second-order valence-electron chi connectivity index (χ2n) is 6.89. The van der Waals surface area contributed by atoms with Crippen molar-refractivity contribution < 1.29 is 9.18 Å². The number of nitrogens with two attached hydrogens (primary N) is 1. The van der Waals surface area contributed by atoms with Gasteiger partial charge in [0.2, 0.25) is 0 Å². The van der Waals surface area contributed by atoms with E-state index in [-0.39, 0.29) is 5.69 Å². The largest absolute Gasteiger partial charge is 0.397 e. The third kappa shape index (κ3) is 3.46. The Morgan fingerprint density at radius 1 is 1.44 bits per heavy atom. The van der Waals surface area contributed by atoms with E-state index in [4.69, 9.17) is 10.7 Å². The number of amides is 1. The van der Waals surface area contributed by atoms with Gasteiger partial charge in [0.1, 0.15) is 15.5 Å². The van der Waals surface area contributed by atoms with Crippen LogP contribution in [0.25, 0.3) is 10.2 Å². The summed E-state index contributed by atoms with van der Waals surface area (Å²) in [5.41, 5.74) is 9.15. The van der Waals surface area contributed by atoms with Gasteiger partial charge in [0.15, 0.2) is 0 Å². The summed E-state index contributed by atoms with van der Waals surface area (Å²) in [7, 11) is 0.